The lowest BCUT2D eigenvalue weighted by molar-refractivity contribution is 0.487. The summed E-state index contributed by atoms with van der Waals surface area (Å²) in [5.74, 6) is 0.637. The molecule has 0 spiro atoms. The van der Waals surface area contributed by atoms with Crippen LogP contribution in [0.4, 0.5) is 0 Å². The summed E-state index contributed by atoms with van der Waals surface area (Å²) in [7, 11) is 2.01. The number of nitrogens with zero attached hydrogens (tertiary/aromatic N) is 2. The summed E-state index contributed by atoms with van der Waals surface area (Å²) in [6.07, 6.45) is 2.48. The number of rotatable bonds is 3. The first-order valence-electron chi connectivity index (χ1n) is 5.44. The summed E-state index contributed by atoms with van der Waals surface area (Å²) in [4.78, 5) is 6.47. The third-order valence-corrected chi connectivity index (χ3v) is 3.60. The monoisotopic (exact) mass is 281 g/mol. The van der Waals surface area contributed by atoms with Gasteiger partial charge in [-0.05, 0) is 24.5 Å². The Morgan fingerprint density at radius 1 is 1.50 bits per heavy atom. The van der Waals surface area contributed by atoms with Crippen molar-refractivity contribution in [2.24, 2.45) is 10.7 Å². The Morgan fingerprint density at radius 3 is 2.81 bits per heavy atom. The van der Waals surface area contributed by atoms with Gasteiger partial charge in [-0.3, -0.25) is 0 Å². The van der Waals surface area contributed by atoms with Crippen LogP contribution in [-0.4, -0.2) is 23.9 Å². The fourth-order valence-corrected chi connectivity index (χ4v) is 1.96. The number of benzene rings is 1. The third kappa shape index (κ3) is 2.76. The van der Waals surface area contributed by atoms with Gasteiger partial charge >= 0.3 is 0 Å². The topological polar surface area (TPSA) is 41.6 Å². The first-order chi connectivity index (χ1) is 7.68. The van der Waals surface area contributed by atoms with Crippen molar-refractivity contribution in [3.63, 3.8) is 0 Å². The van der Waals surface area contributed by atoms with Gasteiger partial charge in [-0.25, -0.2) is 4.99 Å². The van der Waals surface area contributed by atoms with Gasteiger partial charge in [0.25, 0.3) is 0 Å². The standard InChI is InChI=1S/C12H16BrN3/c1-16(10-6-7-10)12(14)15-8-9-4-2-3-5-11(9)13/h2-5,10H,6-8H2,1H3,(H2,14,15). The lowest BCUT2D eigenvalue weighted by Gasteiger charge is -2.16. The molecule has 0 saturated heterocycles. The van der Waals surface area contributed by atoms with Gasteiger partial charge in [-0.1, -0.05) is 34.1 Å². The minimum atomic E-state index is 0.614. The van der Waals surface area contributed by atoms with E-state index in [-0.39, 0.29) is 0 Å². The quantitative estimate of drug-likeness (QED) is 0.683. The molecule has 0 heterocycles. The maximum Gasteiger partial charge on any atom is 0.191 e. The molecule has 0 aromatic heterocycles. The van der Waals surface area contributed by atoms with Gasteiger partial charge in [0.1, 0.15) is 0 Å². The van der Waals surface area contributed by atoms with Crippen molar-refractivity contribution in [2.45, 2.75) is 25.4 Å². The molecule has 0 amide bonds. The van der Waals surface area contributed by atoms with E-state index in [1.807, 2.05) is 25.2 Å². The van der Waals surface area contributed by atoms with Crippen LogP contribution in [-0.2, 0) is 6.54 Å². The highest BCUT2D eigenvalue weighted by Gasteiger charge is 2.27. The largest absolute Gasteiger partial charge is 0.370 e. The van der Waals surface area contributed by atoms with Crippen LogP contribution in [0.5, 0.6) is 0 Å². The lowest BCUT2D eigenvalue weighted by Crippen LogP contribution is -2.35. The van der Waals surface area contributed by atoms with Crippen LogP contribution in [0.1, 0.15) is 18.4 Å². The van der Waals surface area contributed by atoms with E-state index < -0.39 is 0 Å². The second-order valence-electron chi connectivity index (χ2n) is 4.11. The predicted octanol–water partition coefficient (Wildman–Crippen LogP) is 2.36. The van der Waals surface area contributed by atoms with Gasteiger partial charge in [0, 0.05) is 17.6 Å². The zero-order chi connectivity index (χ0) is 11.5. The first kappa shape index (κ1) is 11.5. The van der Waals surface area contributed by atoms with Crippen LogP contribution < -0.4 is 5.73 Å². The van der Waals surface area contributed by atoms with Crippen molar-refractivity contribution < 1.29 is 0 Å². The first-order valence-corrected chi connectivity index (χ1v) is 6.24. The van der Waals surface area contributed by atoms with Crippen molar-refractivity contribution >= 4 is 21.9 Å². The molecule has 1 fully saturated rings. The van der Waals surface area contributed by atoms with Crippen molar-refractivity contribution in [1.29, 1.82) is 0 Å². The second-order valence-corrected chi connectivity index (χ2v) is 4.96. The molecule has 1 aromatic carbocycles. The second kappa shape index (κ2) is 4.87. The Hall–Kier alpha value is -1.03. The minimum absolute atomic E-state index is 0.614. The highest BCUT2D eigenvalue weighted by Crippen LogP contribution is 2.25. The van der Waals surface area contributed by atoms with Gasteiger partial charge in [0.2, 0.25) is 0 Å². The Kier molecular flexibility index (Phi) is 3.49. The molecular weight excluding hydrogens is 266 g/mol. The van der Waals surface area contributed by atoms with Gasteiger partial charge in [-0.15, -0.1) is 0 Å². The van der Waals surface area contributed by atoms with Crippen molar-refractivity contribution in [3.8, 4) is 0 Å². The number of guanidine groups is 1. The van der Waals surface area contributed by atoms with Gasteiger partial charge in [0.15, 0.2) is 5.96 Å². The van der Waals surface area contributed by atoms with E-state index in [9.17, 15) is 0 Å². The SMILES string of the molecule is CN(C(N)=NCc1ccccc1Br)C1CC1. The molecule has 4 heteroatoms. The summed E-state index contributed by atoms with van der Waals surface area (Å²) in [6.45, 7) is 0.629. The van der Waals surface area contributed by atoms with E-state index in [1.54, 1.807) is 0 Å². The number of hydrogen-bond donors (Lipinski definition) is 1. The molecule has 2 rings (SSSR count). The van der Waals surface area contributed by atoms with Crippen LogP contribution in [0.3, 0.4) is 0 Å². The molecule has 0 aliphatic heterocycles. The van der Waals surface area contributed by atoms with Crippen LogP contribution in [0.2, 0.25) is 0 Å². The summed E-state index contributed by atoms with van der Waals surface area (Å²) in [6, 6.07) is 8.69. The maximum atomic E-state index is 5.92. The van der Waals surface area contributed by atoms with E-state index in [1.165, 1.54) is 12.8 Å². The average Bonchev–Trinajstić information content (AvgIpc) is 3.10. The molecule has 0 unspecified atom stereocenters. The Labute approximate surface area is 104 Å². The summed E-state index contributed by atoms with van der Waals surface area (Å²) >= 11 is 3.50. The molecule has 3 nitrogen and oxygen atoms in total. The Bertz CT molecular complexity index is 399. The zero-order valence-corrected chi connectivity index (χ0v) is 10.9. The molecule has 0 bridgehead atoms. The summed E-state index contributed by atoms with van der Waals surface area (Å²) in [5.41, 5.74) is 7.08. The number of halogens is 1. The van der Waals surface area contributed by atoms with Gasteiger partial charge in [-0.2, -0.15) is 0 Å². The van der Waals surface area contributed by atoms with Crippen molar-refractivity contribution in [2.75, 3.05) is 7.05 Å². The predicted molar refractivity (Wildman–Crippen MR) is 70.3 cm³/mol. The Morgan fingerprint density at radius 2 is 2.19 bits per heavy atom. The fourth-order valence-electron chi connectivity index (χ4n) is 1.55. The summed E-state index contributed by atoms with van der Waals surface area (Å²) < 4.78 is 1.08. The van der Waals surface area contributed by atoms with Crippen LogP contribution in [0, 0.1) is 0 Å². The molecular formula is C12H16BrN3. The molecule has 1 aliphatic carbocycles. The zero-order valence-electron chi connectivity index (χ0n) is 9.36. The molecule has 1 aromatic rings. The van der Waals surface area contributed by atoms with Crippen LogP contribution in [0.15, 0.2) is 33.7 Å². The van der Waals surface area contributed by atoms with Crippen molar-refractivity contribution in [3.05, 3.63) is 34.3 Å². The van der Waals surface area contributed by atoms with E-state index >= 15 is 0 Å². The highest BCUT2D eigenvalue weighted by atomic mass is 79.9. The van der Waals surface area contributed by atoms with Crippen LogP contribution in [0.25, 0.3) is 0 Å². The van der Waals surface area contributed by atoms with E-state index in [0.717, 1.165) is 10.0 Å². The van der Waals surface area contributed by atoms with Crippen LogP contribution >= 0.6 is 15.9 Å². The minimum Gasteiger partial charge on any atom is -0.370 e. The van der Waals surface area contributed by atoms with Gasteiger partial charge in [0.05, 0.1) is 6.54 Å². The summed E-state index contributed by atoms with van der Waals surface area (Å²) in [5, 5.41) is 0. The number of nitrogens with two attached hydrogens (primary N) is 1. The molecule has 0 atom stereocenters. The molecule has 1 saturated carbocycles. The van der Waals surface area contributed by atoms with E-state index in [4.69, 9.17) is 5.73 Å². The number of hydrogen-bond acceptors (Lipinski definition) is 1. The normalized spacial score (nSPS) is 16.2. The molecule has 1 aliphatic rings. The van der Waals surface area contributed by atoms with E-state index in [0.29, 0.717) is 18.5 Å². The molecule has 86 valence electrons. The van der Waals surface area contributed by atoms with E-state index in [2.05, 4.69) is 31.9 Å². The Balaban J connectivity index is 1.99. The molecule has 0 radical (unpaired) electrons. The molecule has 16 heavy (non-hydrogen) atoms. The third-order valence-electron chi connectivity index (χ3n) is 2.83. The fraction of sp³-hybridized carbons (Fsp3) is 0.417. The van der Waals surface area contributed by atoms with Gasteiger partial charge < -0.3 is 10.6 Å². The smallest absolute Gasteiger partial charge is 0.191 e. The maximum absolute atomic E-state index is 5.92. The number of aliphatic imine (C=N–C) groups is 1. The lowest BCUT2D eigenvalue weighted by atomic mass is 10.2. The average molecular weight is 282 g/mol. The molecule has 2 N–H and O–H groups in total. The highest BCUT2D eigenvalue weighted by molar-refractivity contribution is 9.10. The van der Waals surface area contributed by atoms with Crippen molar-refractivity contribution in [1.82, 2.24) is 4.90 Å².